The van der Waals surface area contributed by atoms with E-state index in [-0.39, 0.29) is 19.0 Å². The fraction of sp³-hybridized carbons (Fsp3) is 0.375. The van der Waals surface area contributed by atoms with Gasteiger partial charge in [0.15, 0.2) is 5.75 Å². The first-order valence-electron chi connectivity index (χ1n) is 7.99. The lowest BCUT2D eigenvalue weighted by molar-refractivity contribution is -0.106. The first-order chi connectivity index (χ1) is 12.2. The van der Waals surface area contributed by atoms with E-state index in [9.17, 15) is 21.6 Å². The van der Waals surface area contributed by atoms with E-state index in [0.29, 0.717) is 12.1 Å². The number of aromatic amines is 1. The molecule has 3 aromatic heterocycles. The Morgan fingerprint density at radius 2 is 2.08 bits per heavy atom. The van der Waals surface area contributed by atoms with Crippen LogP contribution in [0.2, 0.25) is 0 Å². The molecule has 0 bridgehead atoms. The lowest BCUT2D eigenvalue weighted by Crippen LogP contribution is -2.36. The van der Waals surface area contributed by atoms with Gasteiger partial charge in [-0.3, -0.25) is 4.98 Å². The van der Waals surface area contributed by atoms with E-state index in [2.05, 4.69) is 15.0 Å². The quantitative estimate of drug-likeness (QED) is 0.753. The highest BCUT2D eigenvalue weighted by atomic mass is 32.2. The summed E-state index contributed by atoms with van der Waals surface area (Å²) in [6.45, 7) is 0.0915. The third-order valence-corrected chi connectivity index (χ3v) is 6.47. The van der Waals surface area contributed by atoms with Gasteiger partial charge in [0.25, 0.3) is 0 Å². The van der Waals surface area contributed by atoms with E-state index in [4.69, 9.17) is 0 Å². The molecule has 1 atom stereocenters. The Morgan fingerprint density at radius 1 is 1.27 bits per heavy atom. The van der Waals surface area contributed by atoms with Crippen molar-refractivity contribution in [3.05, 3.63) is 36.4 Å². The standard InChI is InChI=1S/C16H15F3N4O2S/c17-16(18,19)9-26(24,25)23-4-2-10(8-23)13-7-20-5-11-6-22-15-12(14(11)13)1-3-21-15/h1,3,5-7,10H,2,4,8-9H2,(H,21,22). The molecule has 0 aliphatic carbocycles. The summed E-state index contributed by atoms with van der Waals surface area (Å²) in [6.07, 6.45) is 2.48. The second-order valence-corrected chi connectivity index (χ2v) is 8.38. The minimum atomic E-state index is -4.75. The van der Waals surface area contributed by atoms with Crippen molar-refractivity contribution in [1.29, 1.82) is 0 Å². The first-order valence-corrected chi connectivity index (χ1v) is 9.60. The number of sulfonamides is 1. The van der Waals surface area contributed by atoms with Crippen LogP contribution in [0.1, 0.15) is 17.9 Å². The van der Waals surface area contributed by atoms with Gasteiger partial charge in [-0.25, -0.2) is 17.7 Å². The summed E-state index contributed by atoms with van der Waals surface area (Å²) in [7, 11) is -4.37. The highest BCUT2D eigenvalue weighted by Crippen LogP contribution is 2.36. The Labute approximate surface area is 147 Å². The summed E-state index contributed by atoms with van der Waals surface area (Å²) < 4.78 is 62.6. The van der Waals surface area contributed by atoms with E-state index < -0.39 is 22.0 Å². The van der Waals surface area contributed by atoms with Crippen LogP contribution < -0.4 is 0 Å². The predicted molar refractivity (Wildman–Crippen MR) is 90.2 cm³/mol. The molecule has 4 heterocycles. The van der Waals surface area contributed by atoms with Gasteiger partial charge in [-0.15, -0.1) is 0 Å². The highest BCUT2D eigenvalue weighted by molar-refractivity contribution is 7.89. The van der Waals surface area contributed by atoms with Crippen LogP contribution in [0.4, 0.5) is 13.2 Å². The molecule has 0 amide bonds. The van der Waals surface area contributed by atoms with Crippen LogP contribution in [0.15, 0.2) is 30.9 Å². The van der Waals surface area contributed by atoms with Crippen LogP contribution in [0.5, 0.6) is 0 Å². The van der Waals surface area contributed by atoms with E-state index in [1.165, 1.54) is 0 Å². The van der Waals surface area contributed by atoms with Crippen molar-refractivity contribution in [2.75, 3.05) is 18.8 Å². The number of nitrogens with one attached hydrogen (secondary N) is 1. The van der Waals surface area contributed by atoms with Gasteiger partial charge in [-0.1, -0.05) is 0 Å². The Kier molecular flexibility index (Phi) is 3.92. The van der Waals surface area contributed by atoms with Crippen molar-refractivity contribution < 1.29 is 21.6 Å². The summed E-state index contributed by atoms with van der Waals surface area (Å²) in [5.41, 5.74) is 1.53. The Morgan fingerprint density at radius 3 is 2.85 bits per heavy atom. The number of aromatic nitrogens is 3. The second-order valence-electron chi connectivity index (χ2n) is 6.41. The highest BCUT2D eigenvalue weighted by Gasteiger charge is 2.41. The van der Waals surface area contributed by atoms with Crippen molar-refractivity contribution in [2.45, 2.75) is 18.5 Å². The van der Waals surface area contributed by atoms with Gasteiger partial charge in [0.05, 0.1) is 0 Å². The number of hydrogen-bond acceptors (Lipinski definition) is 4. The Bertz CT molecular complexity index is 1080. The molecule has 1 unspecified atom stereocenters. The summed E-state index contributed by atoms with van der Waals surface area (Å²) in [5, 5.41) is 2.61. The van der Waals surface area contributed by atoms with Crippen LogP contribution in [0.25, 0.3) is 21.8 Å². The Balaban J connectivity index is 1.71. The molecule has 26 heavy (non-hydrogen) atoms. The van der Waals surface area contributed by atoms with Gasteiger partial charge < -0.3 is 4.98 Å². The zero-order chi connectivity index (χ0) is 18.5. The molecule has 0 radical (unpaired) electrons. The Hall–Kier alpha value is -2.20. The molecule has 1 saturated heterocycles. The van der Waals surface area contributed by atoms with E-state index in [1.807, 2.05) is 6.07 Å². The average molecular weight is 384 g/mol. The number of halogens is 3. The van der Waals surface area contributed by atoms with Crippen molar-refractivity contribution in [3.63, 3.8) is 0 Å². The number of H-pyrrole nitrogens is 1. The monoisotopic (exact) mass is 384 g/mol. The molecule has 10 heteroatoms. The van der Waals surface area contributed by atoms with Crippen LogP contribution in [-0.2, 0) is 10.0 Å². The van der Waals surface area contributed by atoms with Crippen molar-refractivity contribution in [3.8, 4) is 0 Å². The zero-order valence-electron chi connectivity index (χ0n) is 13.5. The number of rotatable bonds is 3. The van der Waals surface area contributed by atoms with E-state index in [0.717, 1.165) is 26.0 Å². The number of fused-ring (bicyclic) bond motifs is 3. The summed E-state index contributed by atoms with van der Waals surface area (Å²) in [4.78, 5) is 11.5. The van der Waals surface area contributed by atoms with Crippen LogP contribution in [-0.4, -0.2) is 52.7 Å². The molecule has 1 fully saturated rings. The van der Waals surface area contributed by atoms with E-state index >= 15 is 0 Å². The van der Waals surface area contributed by atoms with Gasteiger partial charge >= 0.3 is 6.18 Å². The summed E-state index contributed by atoms with van der Waals surface area (Å²) >= 11 is 0. The molecule has 3 aromatic rings. The maximum absolute atomic E-state index is 12.5. The molecular weight excluding hydrogens is 369 g/mol. The largest absolute Gasteiger partial charge is 0.404 e. The first kappa shape index (κ1) is 17.2. The topological polar surface area (TPSA) is 79.0 Å². The molecule has 138 valence electrons. The molecule has 1 aliphatic rings. The van der Waals surface area contributed by atoms with E-state index in [1.54, 1.807) is 24.8 Å². The SMILES string of the molecule is O=S(=O)(CC(F)(F)F)N1CCC(c2cncc3cnc4[nH]ccc4c23)C1. The number of hydrogen-bond donors (Lipinski definition) is 1. The van der Waals surface area contributed by atoms with Crippen LogP contribution >= 0.6 is 0 Å². The summed E-state index contributed by atoms with van der Waals surface area (Å²) in [6, 6.07) is 1.88. The van der Waals surface area contributed by atoms with Gasteiger partial charge in [-0.2, -0.15) is 13.2 Å². The fourth-order valence-corrected chi connectivity index (χ4v) is 4.94. The summed E-state index contributed by atoms with van der Waals surface area (Å²) in [5.74, 6) is -2.04. The molecule has 1 N–H and O–H groups in total. The lowest BCUT2D eigenvalue weighted by atomic mass is 9.94. The molecule has 1 aliphatic heterocycles. The molecule has 6 nitrogen and oxygen atoms in total. The third-order valence-electron chi connectivity index (χ3n) is 4.66. The molecule has 4 rings (SSSR count). The third kappa shape index (κ3) is 3.03. The molecular formula is C16H15F3N4O2S. The van der Waals surface area contributed by atoms with Gasteiger partial charge in [0.1, 0.15) is 5.65 Å². The normalized spacial score (nSPS) is 19.6. The number of pyridine rings is 2. The average Bonchev–Trinajstić information content (AvgIpc) is 3.21. The van der Waals surface area contributed by atoms with Crippen LogP contribution in [0.3, 0.4) is 0 Å². The predicted octanol–water partition coefficient (Wildman–Crippen LogP) is 2.79. The number of nitrogens with zero attached hydrogens (tertiary/aromatic N) is 3. The zero-order valence-corrected chi connectivity index (χ0v) is 14.3. The van der Waals surface area contributed by atoms with Gasteiger partial charge in [0, 0.05) is 60.0 Å². The maximum atomic E-state index is 12.5. The number of alkyl halides is 3. The molecule has 0 aromatic carbocycles. The van der Waals surface area contributed by atoms with Gasteiger partial charge in [-0.05, 0) is 18.1 Å². The van der Waals surface area contributed by atoms with Crippen molar-refractivity contribution in [2.24, 2.45) is 0 Å². The molecule has 0 spiro atoms. The van der Waals surface area contributed by atoms with Crippen molar-refractivity contribution in [1.82, 2.24) is 19.3 Å². The fourth-order valence-electron chi connectivity index (χ4n) is 3.55. The van der Waals surface area contributed by atoms with Gasteiger partial charge in [0.2, 0.25) is 10.0 Å². The second kappa shape index (κ2) is 5.92. The van der Waals surface area contributed by atoms with Crippen LogP contribution in [0, 0.1) is 0 Å². The molecule has 0 saturated carbocycles. The smallest absolute Gasteiger partial charge is 0.346 e. The lowest BCUT2D eigenvalue weighted by Gasteiger charge is -2.18. The maximum Gasteiger partial charge on any atom is 0.404 e. The minimum absolute atomic E-state index is 0.0213. The minimum Gasteiger partial charge on any atom is -0.346 e. The van der Waals surface area contributed by atoms with Crippen molar-refractivity contribution >= 4 is 31.8 Å².